The van der Waals surface area contributed by atoms with Gasteiger partial charge in [-0.3, -0.25) is 10.1 Å². The summed E-state index contributed by atoms with van der Waals surface area (Å²) in [6, 6.07) is 3.01. The predicted molar refractivity (Wildman–Crippen MR) is 98.7 cm³/mol. The van der Waals surface area contributed by atoms with Crippen molar-refractivity contribution in [2.75, 3.05) is 45.3 Å². The number of nitro groups is 1. The van der Waals surface area contributed by atoms with E-state index in [1.807, 2.05) is 20.8 Å². The van der Waals surface area contributed by atoms with E-state index < -0.39 is 10.5 Å². The molecule has 9 heteroatoms. The molecule has 0 bridgehead atoms. The van der Waals surface area contributed by atoms with Gasteiger partial charge < -0.3 is 24.0 Å². The number of benzene rings is 1. The molecule has 0 unspecified atom stereocenters. The van der Waals surface area contributed by atoms with Crippen LogP contribution >= 0.6 is 0 Å². The zero-order valence-corrected chi connectivity index (χ0v) is 16.3. The minimum atomic E-state index is -0.506. The maximum atomic E-state index is 12.1. The number of carbonyl (C=O) groups excluding carboxylic acids is 1. The Hall–Kier alpha value is -2.71. The highest BCUT2D eigenvalue weighted by Gasteiger charge is 2.54. The van der Waals surface area contributed by atoms with Crippen LogP contribution in [0.15, 0.2) is 12.1 Å². The van der Waals surface area contributed by atoms with Gasteiger partial charge >= 0.3 is 11.8 Å². The van der Waals surface area contributed by atoms with E-state index in [0.717, 1.165) is 18.8 Å². The first-order chi connectivity index (χ1) is 12.6. The minimum Gasteiger partial charge on any atom is -0.494 e. The molecule has 3 rings (SSSR count). The molecule has 1 spiro atoms. The van der Waals surface area contributed by atoms with E-state index in [2.05, 4.69) is 4.90 Å². The number of nitro benzene ring substituents is 1. The van der Waals surface area contributed by atoms with Crippen LogP contribution in [0.2, 0.25) is 0 Å². The molecule has 2 aliphatic heterocycles. The molecule has 27 heavy (non-hydrogen) atoms. The lowest BCUT2D eigenvalue weighted by Crippen LogP contribution is -2.73. The normalized spacial score (nSPS) is 17.8. The second-order valence-electron chi connectivity index (χ2n) is 8.15. The van der Waals surface area contributed by atoms with Gasteiger partial charge in [0.2, 0.25) is 0 Å². The number of nitrogens with zero attached hydrogens (tertiary/aromatic N) is 3. The highest BCUT2D eigenvalue weighted by molar-refractivity contribution is 5.72. The molecule has 0 saturated carbocycles. The van der Waals surface area contributed by atoms with Gasteiger partial charge in [-0.05, 0) is 20.8 Å². The number of ether oxygens (including phenoxy) is 3. The molecule has 9 nitrogen and oxygen atoms in total. The summed E-state index contributed by atoms with van der Waals surface area (Å²) in [6.45, 7) is 8.31. The van der Waals surface area contributed by atoms with Crippen LogP contribution in [0.1, 0.15) is 20.8 Å². The topological polar surface area (TPSA) is 94.4 Å². The lowest BCUT2D eigenvalue weighted by Gasteiger charge is -2.60. The Labute approximate surface area is 157 Å². The van der Waals surface area contributed by atoms with Crippen LogP contribution in [0.3, 0.4) is 0 Å². The maximum absolute atomic E-state index is 12.1. The van der Waals surface area contributed by atoms with E-state index in [9.17, 15) is 14.9 Å². The third kappa shape index (κ3) is 3.58. The SMILES string of the molecule is COc1cc([N+](=O)[O-])c(OC)cc1N1CC2(CN(C(=O)OC(C)(C)C)C2)C1. The summed E-state index contributed by atoms with van der Waals surface area (Å²) in [4.78, 5) is 26.6. The highest BCUT2D eigenvalue weighted by Crippen LogP contribution is 2.47. The minimum absolute atomic E-state index is 0.0386. The van der Waals surface area contributed by atoms with Gasteiger partial charge in [0.1, 0.15) is 11.4 Å². The number of rotatable bonds is 4. The number of hydrogen-bond acceptors (Lipinski definition) is 7. The summed E-state index contributed by atoms with van der Waals surface area (Å²) in [6.07, 6.45) is -0.291. The van der Waals surface area contributed by atoms with Crippen molar-refractivity contribution in [2.45, 2.75) is 26.4 Å². The Morgan fingerprint density at radius 3 is 2.19 bits per heavy atom. The monoisotopic (exact) mass is 379 g/mol. The van der Waals surface area contributed by atoms with Crippen molar-refractivity contribution in [3.63, 3.8) is 0 Å². The van der Waals surface area contributed by atoms with Crippen LogP contribution in [-0.4, -0.2) is 61.9 Å². The summed E-state index contributed by atoms with van der Waals surface area (Å²) in [5, 5.41) is 11.2. The van der Waals surface area contributed by atoms with Gasteiger partial charge in [-0.25, -0.2) is 4.79 Å². The van der Waals surface area contributed by atoms with Crippen LogP contribution in [-0.2, 0) is 4.74 Å². The second-order valence-corrected chi connectivity index (χ2v) is 8.15. The first-order valence-corrected chi connectivity index (χ1v) is 8.71. The fraction of sp³-hybridized carbons (Fsp3) is 0.611. The molecule has 0 N–H and O–H groups in total. The molecule has 2 aliphatic rings. The number of likely N-dealkylation sites (tertiary alicyclic amines) is 1. The number of methoxy groups -OCH3 is 2. The fourth-order valence-electron chi connectivity index (χ4n) is 3.61. The average molecular weight is 379 g/mol. The Balaban J connectivity index is 1.67. The summed E-state index contributed by atoms with van der Waals surface area (Å²) in [5.41, 5.74) is 0.153. The molecular formula is C18H25N3O6. The molecule has 148 valence electrons. The van der Waals surface area contributed by atoms with Crippen molar-refractivity contribution in [3.05, 3.63) is 22.2 Å². The largest absolute Gasteiger partial charge is 0.494 e. The van der Waals surface area contributed by atoms with E-state index >= 15 is 0 Å². The van der Waals surface area contributed by atoms with Gasteiger partial charge in [0.15, 0.2) is 5.75 Å². The third-order valence-electron chi connectivity index (χ3n) is 4.77. The highest BCUT2D eigenvalue weighted by atomic mass is 16.6. The molecule has 2 fully saturated rings. The molecule has 0 atom stereocenters. The Kier molecular flexibility index (Phi) is 4.57. The standard InChI is InChI=1S/C18H25N3O6/c1-17(2,3)27-16(22)20-10-18(11-20)8-19(9-18)12-6-15(26-5)13(21(23)24)7-14(12)25-4/h6-7H,8-11H2,1-5H3. The van der Waals surface area contributed by atoms with E-state index in [-0.39, 0.29) is 22.9 Å². The van der Waals surface area contributed by atoms with Crippen molar-refractivity contribution in [1.82, 2.24) is 4.90 Å². The molecule has 2 saturated heterocycles. The van der Waals surface area contributed by atoms with Gasteiger partial charge in [-0.2, -0.15) is 0 Å². The van der Waals surface area contributed by atoms with E-state index in [1.165, 1.54) is 20.3 Å². The fourth-order valence-corrected chi connectivity index (χ4v) is 3.61. The molecule has 1 amide bonds. The Bertz CT molecular complexity index is 759. The van der Waals surface area contributed by atoms with E-state index in [4.69, 9.17) is 14.2 Å². The molecule has 0 radical (unpaired) electrons. The van der Waals surface area contributed by atoms with E-state index in [1.54, 1.807) is 11.0 Å². The summed E-state index contributed by atoms with van der Waals surface area (Å²) in [5.74, 6) is 0.626. The summed E-state index contributed by atoms with van der Waals surface area (Å²) in [7, 11) is 2.89. The molecule has 1 aromatic rings. The van der Waals surface area contributed by atoms with Gasteiger partial charge in [0.25, 0.3) is 0 Å². The molecular weight excluding hydrogens is 354 g/mol. The lowest BCUT2D eigenvalue weighted by atomic mass is 9.72. The van der Waals surface area contributed by atoms with E-state index in [0.29, 0.717) is 18.8 Å². The summed E-state index contributed by atoms with van der Waals surface area (Å²) >= 11 is 0. The molecule has 2 heterocycles. The smallest absolute Gasteiger partial charge is 0.410 e. The third-order valence-corrected chi connectivity index (χ3v) is 4.77. The number of hydrogen-bond donors (Lipinski definition) is 0. The molecule has 1 aromatic carbocycles. The molecule has 0 aliphatic carbocycles. The van der Waals surface area contributed by atoms with Gasteiger partial charge in [-0.15, -0.1) is 0 Å². The lowest BCUT2D eigenvalue weighted by molar-refractivity contribution is -0.385. The Morgan fingerprint density at radius 2 is 1.70 bits per heavy atom. The quantitative estimate of drug-likeness (QED) is 0.586. The van der Waals surface area contributed by atoms with Crippen molar-refractivity contribution in [3.8, 4) is 11.5 Å². The first-order valence-electron chi connectivity index (χ1n) is 8.71. The number of amides is 1. The van der Waals surface area contributed by atoms with Crippen molar-refractivity contribution < 1.29 is 23.9 Å². The van der Waals surface area contributed by atoms with Crippen molar-refractivity contribution in [2.24, 2.45) is 5.41 Å². The van der Waals surface area contributed by atoms with Crippen LogP contribution in [0.5, 0.6) is 11.5 Å². The van der Waals surface area contributed by atoms with Gasteiger partial charge in [0.05, 0.1) is 30.9 Å². The Morgan fingerprint density at radius 1 is 1.11 bits per heavy atom. The van der Waals surface area contributed by atoms with Crippen LogP contribution in [0.25, 0.3) is 0 Å². The summed E-state index contributed by atoms with van der Waals surface area (Å²) < 4.78 is 15.9. The van der Waals surface area contributed by atoms with Crippen molar-refractivity contribution >= 4 is 17.5 Å². The number of carbonyl (C=O) groups is 1. The van der Waals surface area contributed by atoms with Gasteiger partial charge in [-0.1, -0.05) is 0 Å². The number of anilines is 1. The van der Waals surface area contributed by atoms with Gasteiger partial charge in [0, 0.05) is 37.7 Å². The van der Waals surface area contributed by atoms with Crippen LogP contribution in [0, 0.1) is 15.5 Å². The predicted octanol–water partition coefficient (Wildman–Crippen LogP) is 2.67. The zero-order valence-electron chi connectivity index (χ0n) is 16.3. The molecule has 0 aromatic heterocycles. The average Bonchev–Trinajstić information content (AvgIpc) is 2.49. The first kappa shape index (κ1) is 19.1. The van der Waals surface area contributed by atoms with Crippen molar-refractivity contribution in [1.29, 1.82) is 0 Å². The second kappa shape index (κ2) is 6.47. The maximum Gasteiger partial charge on any atom is 0.410 e. The zero-order chi connectivity index (χ0) is 20.0. The van der Waals surface area contributed by atoms with Crippen LogP contribution in [0.4, 0.5) is 16.2 Å². The van der Waals surface area contributed by atoms with Crippen LogP contribution < -0.4 is 14.4 Å².